The zero-order valence-corrected chi connectivity index (χ0v) is 5.96. The number of nitrogens with zero attached hydrogens (tertiary/aromatic N) is 2. The van der Waals surface area contributed by atoms with Gasteiger partial charge in [-0.15, -0.1) is 24.7 Å². The monoisotopic (exact) mass is 142 g/mol. The van der Waals surface area contributed by atoms with Crippen molar-refractivity contribution in [2.75, 3.05) is 0 Å². The first-order valence-corrected chi connectivity index (χ1v) is 2.94. The Balaban J connectivity index is 4.60. The Morgan fingerprint density at radius 3 is 1.55 bits per heavy atom. The maximum atomic E-state index is 8.58. The van der Waals surface area contributed by atoms with Crippen molar-refractivity contribution >= 4 is 0 Å². The average molecular weight is 142 g/mol. The molecule has 0 aromatic heterocycles. The summed E-state index contributed by atoms with van der Waals surface area (Å²) in [7, 11) is 0. The van der Waals surface area contributed by atoms with E-state index in [2.05, 4.69) is 11.8 Å². The van der Waals surface area contributed by atoms with Gasteiger partial charge in [0.2, 0.25) is 0 Å². The lowest BCUT2D eigenvalue weighted by molar-refractivity contribution is 0.557. The van der Waals surface area contributed by atoms with Crippen LogP contribution in [-0.2, 0) is 0 Å². The van der Waals surface area contributed by atoms with E-state index >= 15 is 0 Å². The highest BCUT2D eigenvalue weighted by Crippen LogP contribution is 2.23. The van der Waals surface area contributed by atoms with Crippen LogP contribution < -0.4 is 0 Å². The molecule has 0 aliphatic heterocycles. The molecule has 0 spiro atoms. The van der Waals surface area contributed by atoms with Crippen molar-refractivity contribution < 1.29 is 0 Å². The summed E-state index contributed by atoms with van der Waals surface area (Å²) in [5, 5.41) is 17.2. The van der Waals surface area contributed by atoms with Crippen LogP contribution in [0, 0.1) is 52.8 Å². The molecule has 0 aromatic carbocycles. The number of terminal acetylenes is 2. The maximum absolute atomic E-state index is 8.58. The lowest BCUT2D eigenvalue weighted by atomic mass is 9.85. The first-order valence-electron chi connectivity index (χ1n) is 2.94. The smallest absolute Gasteiger partial charge is 0.165 e. The van der Waals surface area contributed by atoms with E-state index in [1.54, 1.807) is 0 Å². The molecule has 0 bridgehead atoms. The zero-order valence-electron chi connectivity index (χ0n) is 5.96. The van der Waals surface area contributed by atoms with E-state index in [1.165, 1.54) is 0 Å². The summed E-state index contributed by atoms with van der Waals surface area (Å²) in [5.41, 5.74) is -1.18. The molecule has 0 aliphatic carbocycles. The van der Waals surface area contributed by atoms with Crippen molar-refractivity contribution in [3.8, 4) is 36.8 Å². The number of hydrogen-bond acceptors (Lipinski definition) is 2. The van der Waals surface area contributed by atoms with Crippen molar-refractivity contribution in [3.05, 3.63) is 0 Å². The van der Waals surface area contributed by atoms with Crippen LogP contribution in [0.15, 0.2) is 0 Å². The SMILES string of the molecule is C#CCC(C#N)(C#N)CC#C. The third-order valence-corrected chi connectivity index (χ3v) is 1.24. The third kappa shape index (κ3) is 2.06. The van der Waals surface area contributed by atoms with E-state index in [9.17, 15) is 0 Å². The Morgan fingerprint density at radius 1 is 1.00 bits per heavy atom. The van der Waals surface area contributed by atoms with Crippen LogP contribution in [0.4, 0.5) is 0 Å². The highest BCUT2D eigenvalue weighted by atomic mass is 14.4. The lowest BCUT2D eigenvalue weighted by Gasteiger charge is -2.09. The summed E-state index contributed by atoms with van der Waals surface area (Å²) in [5.74, 6) is 4.51. The topological polar surface area (TPSA) is 47.6 Å². The summed E-state index contributed by atoms with van der Waals surface area (Å²) in [6, 6.07) is 3.64. The molecular weight excluding hydrogens is 136 g/mol. The predicted molar refractivity (Wildman–Crippen MR) is 40.6 cm³/mol. The van der Waals surface area contributed by atoms with Crippen molar-refractivity contribution in [2.45, 2.75) is 12.8 Å². The number of rotatable bonds is 2. The zero-order chi connectivity index (χ0) is 8.74. The Morgan fingerprint density at radius 2 is 1.36 bits per heavy atom. The van der Waals surface area contributed by atoms with Gasteiger partial charge in [0.1, 0.15) is 0 Å². The lowest BCUT2D eigenvalue weighted by Crippen LogP contribution is -2.13. The van der Waals surface area contributed by atoms with Gasteiger partial charge in [0, 0.05) is 12.8 Å². The van der Waals surface area contributed by atoms with Crippen LogP contribution in [0.1, 0.15) is 12.8 Å². The summed E-state index contributed by atoms with van der Waals surface area (Å²) in [6.45, 7) is 0. The summed E-state index contributed by atoms with van der Waals surface area (Å²) in [6.07, 6.45) is 10.1. The van der Waals surface area contributed by atoms with Crippen molar-refractivity contribution in [1.82, 2.24) is 0 Å². The van der Waals surface area contributed by atoms with Crippen LogP contribution in [0.3, 0.4) is 0 Å². The van der Waals surface area contributed by atoms with Crippen LogP contribution in [-0.4, -0.2) is 0 Å². The van der Waals surface area contributed by atoms with Gasteiger partial charge in [-0.05, 0) is 0 Å². The van der Waals surface area contributed by atoms with Gasteiger partial charge >= 0.3 is 0 Å². The standard InChI is InChI=1S/C9H6N2/c1-3-5-9(7-10,8-11)6-4-2/h1-2H,5-6H2. The van der Waals surface area contributed by atoms with Crippen LogP contribution in [0.5, 0.6) is 0 Å². The molecule has 0 aliphatic rings. The molecule has 0 radical (unpaired) electrons. The predicted octanol–water partition coefficient (Wildman–Crippen LogP) is 1.07. The quantitative estimate of drug-likeness (QED) is 0.541. The summed E-state index contributed by atoms with van der Waals surface area (Å²) in [4.78, 5) is 0. The molecule has 0 saturated heterocycles. The van der Waals surface area contributed by atoms with Gasteiger partial charge in [0.15, 0.2) is 5.41 Å². The Hall–Kier alpha value is -1.90. The minimum absolute atomic E-state index is 0.0875. The van der Waals surface area contributed by atoms with Crippen molar-refractivity contribution in [3.63, 3.8) is 0 Å². The third-order valence-electron chi connectivity index (χ3n) is 1.24. The maximum Gasteiger partial charge on any atom is 0.165 e. The van der Waals surface area contributed by atoms with Gasteiger partial charge in [-0.3, -0.25) is 0 Å². The van der Waals surface area contributed by atoms with E-state index < -0.39 is 5.41 Å². The van der Waals surface area contributed by atoms with E-state index in [1.807, 2.05) is 12.1 Å². The molecule has 2 nitrogen and oxygen atoms in total. The van der Waals surface area contributed by atoms with Gasteiger partial charge in [-0.25, -0.2) is 0 Å². The molecule has 52 valence electrons. The van der Waals surface area contributed by atoms with E-state index in [-0.39, 0.29) is 12.8 Å². The van der Waals surface area contributed by atoms with Gasteiger partial charge in [-0.1, -0.05) is 0 Å². The molecule has 0 amide bonds. The van der Waals surface area contributed by atoms with Crippen LogP contribution >= 0.6 is 0 Å². The molecule has 0 saturated carbocycles. The first-order chi connectivity index (χ1) is 5.24. The van der Waals surface area contributed by atoms with E-state index in [4.69, 9.17) is 23.4 Å². The minimum Gasteiger partial charge on any atom is -0.196 e. The van der Waals surface area contributed by atoms with Crippen molar-refractivity contribution in [1.29, 1.82) is 10.5 Å². The summed E-state index contributed by atoms with van der Waals surface area (Å²) < 4.78 is 0. The second-order valence-electron chi connectivity index (χ2n) is 2.07. The molecule has 0 aromatic rings. The Kier molecular flexibility index (Phi) is 3.31. The number of nitriles is 2. The molecule has 0 rings (SSSR count). The largest absolute Gasteiger partial charge is 0.196 e. The van der Waals surface area contributed by atoms with Crippen molar-refractivity contribution in [2.24, 2.45) is 5.41 Å². The second-order valence-corrected chi connectivity index (χ2v) is 2.07. The minimum atomic E-state index is -1.18. The van der Waals surface area contributed by atoms with Crippen LogP contribution in [0.25, 0.3) is 0 Å². The van der Waals surface area contributed by atoms with E-state index in [0.717, 1.165) is 0 Å². The van der Waals surface area contributed by atoms with Gasteiger partial charge < -0.3 is 0 Å². The molecule has 2 heteroatoms. The Bertz CT molecular complexity index is 255. The molecule has 0 atom stereocenters. The van der Waals surface area contributed by atoms with Gasteiger partial charge in [-0.2, -0.15) is 10.5 Å². The number of hydrogen-bond donors (Lipinski definition) is 0. The molecule has 0 fully saturated rings. The fourth-order valence-corrected chi connectivity index (χ4v) is 0.594. The summed E-state index contributed by atoms with van der Waals surface area (Å²) >= 11 is 0. The molecular formula is C9H6N2. The van der Waals surface area contributed by atoms with E-state index in [0.29, 0.717) is 0 Å². The highest BCUT2D eigenvalue weighted by Gasteiger charge is 2.27. The average Bonchev–Trinajstić information content (AvgIpc) is 2.04. The fraction of sp³-hybridized carbons (Fsp3) is 0.333. The molecule has 0 unspecified atom stereocenters. The van der Waals surface area contributed by atoms with Gasteiger partial charge in [0.25, 0.3) is 0 Å². The normalized spacial score (nSPS) is 8.36. The Labute approximate surface area is 66.4 Å². The van der Waals surface area contributed by atoms with Crippen LogP contribution in [0.2, 0.25) is 0 Å². The molecule has 0 heterocycles. The second kappa shape index (κ2) is 4.00. The first kappa shape index (κ1) is 9.10. The van der Waals surface area contributed by atoms with Gasteiger partial charge in [0.05, 0.1) is 12.1 Å². The molecule has 0 N–H and O–H groups in total. The fourth-order valence-electron chi connectivity index (χ4n) is 0.594. The molecule has 11 heavy (non-hydrogen) atoms. The highest BCUT2D eigenvalue weighted by molar-refractivity contribution is 5.21.